The fourth-order valence-electron chi connectivity index (χ4n) is 3.75. The van der Waals surface area contributed by atoms with E-state index in [0.717, 1.165) is 41.1 Å². The lowest BCUT2D eigenvalue weighted by Gasteiger charge is -2.26. The maximum atomic E-state index is 13.3. The summed E-state index contributed by atoms with van der Waals surface area (Å²) in [4.78, 5) is 18.2. The Kier molecular flexibility index (Phi) is 6.06. The number of aliphatic imine (C=N–C) groups is 1. The highest BCUT2D eigenvalue weighted by Crippen LogP contribution is 2.44. The van der Waals surface area contributed by atoms with Crippen LogP contribution in [0.2, 0.25) is 5.02 Å². The van der Waals surface area contributed by atoms with Gasteiger partial charge in [-0.3, -0.25) is 4.79 Å². The van der Waals surface area contributed by atoms with Gasteiger partial charge in [0.1, 0.15) is 0 Å². The van der Waals surface area contributed by atoms with Crippen molar-refractivity contribution in [3.8, 4) is 0 Å². The number of rotatable bonds is 3. The van der Waals surface area contributed by atoms with Crippen LogP contribution in [0.4, 0.5) is 18.9 Å². The number of thioether (sulfide) groups is 1. The van der Waals surface area contributed by atoms with E-state index in [0.29, 0.717) is 0 Å². The molecule has 0 aliphatic carbocycles. The number of carbonyl (C=O) groups is 1. The number of fused-ring (bicyclic) bond motifs is 1. The first-order chi connectivity index (χ1) is 14.9. The first kappa shape index (κ1) is 23.1. The van der Waals surface area contributed by atoms with Crippen molar-refractivity contribution in [2.75, 3.05) is 16.4 Å². The van der Waals surface area contributed by atoms with Crippen molar-refractivity contribution in [1.82, 2.24) is 0 Å². The summed E-state index contributed by atoms with van der Waals surface area (Å²) in [6.07, 6.45) is -4.59. The van der Waals surface area contributed by atoms with Gasteiger partial charge in [-0.2, -0.15) is 18.2 Å². The maximum absolute atomic E-state index is 13.3. The van der Waals surface area contributed by atoms with Gasteiger partial charge in [0.15, 0.2) is 15.0 Å². The Morgan fingerprint density at radius 3 is 2.53 bits per heavy atom. The minimum absolute atomic E-state index is 0.0134. The molecule has 0 unspecified atom stereocenters. The molecule has 2 saturated heterocycles. The highest BCUT2D eigenvalue weighted by molar-refractivity contribution is 8.16. The zero-order valence-corrected chi connectivity index (χ0v) is 19.2. The Hall–Kier alpha value is -2.04. The summed E-state index contributed by atoms with van der Waals surface area (Å²) in [6.45, 7) is 1.92. The second-order valence-electron chi connectivity index (χ2n) is 7.78. The molecule has 0 saturated carbocycles. The standard InChI is InChI=1S/C21H18ClF3N2O3S2/c1-12-2-4-13(5-3-12)8-19(28)26-20-27(17-10-32(29,30)11-18(17)31-20)16-9-14(21(23,24)25)6-7-15(16)22/h2-7,9,17-18H,8,10-11H2,1H3/t17-,18-/m0/s1. The fourth-order valence-corrected chi connectivity index (χ4v) is 7.88. The highest BCUT2D eigenvalue weighted by Gasteiger charge is 2.50. The summed E-state index contributed by atoms with van der Waals surface area (Å²) >= 11 is 7.31. The van der Waals surface area contributed by atoms with E-state index in [2.05, 4.69) is 4.99 Å². The van der Waals surface area contributed by atoms with Gasteiger partial charge in [0, 0.05) is 5.25 Å². The zero-order chi connectivity index (χ0) is 23.3. The van der Waals surface area contributed by atoms with Gasteiger partial charge in [0.25, 0.3) is 5.91 Å². The van der Waals surface area contributed by atoms with Gasteiger partial charge < -0.3 is 4.90 Å². The number of hydrogen-bond donors (Lipinski definition) is 0. The van der Waals surface area contributed by atoms with Gasteiger partial charge in [0.2, 0.25) is 0 Å². The van der Waals surface area contributed by atoms with Gasteiger partial charge >= 0.3 is 6.18 Å². The van der Waals surface area contributed by atoms with Crippen molar-refractivity contribution in [3.05, 3.63) is 64.2 Å². The smallest absolute Gasteiger partial charge is 0.314 e. The lowest BCUT2D eigenvalue weighted by molar-refractivity contribution is -0.137. The summed E-state index contributed by atoms with van der Waals surface area (Å²) in [5.74, 6) is -0.865. The Morgan fingerprint density at radius 2 is 1.88 bits per heavy atom. The second kappa shape index (κ2) is 8.39. The Labute approximate surface area is 192 Å². The third-order valence-electron chi connectivity index (χ3n) is 5.30. The number of hydrogen-bond acceptors (Lipinski definition) is 4. The lowest BCUT2D eigenvalue weighted by Crippen LogP contribution is -2.38. The molecule has 11 heteroatoms. The largest absolute Gasteiger partial charge is 0.416 e. The average molecular weight is 503 g/mol. The molecule has 4 rings (SSSR count). The summed E-state index contributed by atoms with van der Waals surface area (Å²) in [6, 6.07) is 9.53. The quantitative estimate of drug-likeness (QED) is 0.617. The number of aryl methyl sites for hydroxylation is 1. The number of anilines is 1. The predicted octanol–water partition coefficient (Wildman–Crippen LogP) is 4.51. The summed E-state index contributed by atoms with van der Waals surface area (Å²) in [5.41, 5.74) is 0.856. The van der Waals surface area contributed by atoms with Crippen LogP contribution in [0.3, 0.4) is 0 Å². The van der Waals surface area contributed by atoms with E-state index in [1.54, 1.807) is 12.1 Å². The van der Waals surface area contributed by atoms with E-state index in [-0.39, 0.29) is 33.8 Å². The zero-order valence-electron chi connectivity index (χ0n) is 16.8. The number of carbonyl (C=O) groups excluding carboxylic acids is 1. The molecular weight excluding hydrogens is 485 g/mol. The highest BCUT2D eigenvalue weighted by atomic mass is 35.5. The molecule has 2 aliphatic heterocycles. The first-order valence-corrected chi connectivity index (χ1v) is 12.7. The molecule has 0 radical (unpaired) electrons. The van der Waals surface area contributed by atoms with Crippen molar-refractivity contribution < 1.29 is 26.4 Å². The summed E-state index contributed by atoms with van der Waals surface area (Å²) in [7, 11) is -3.37. The normalized spacial score (nSPS) is 23.5. The molecule has 2 fully saturated rings. The van der Waals surface area contributed by atoms with Crippen LogP contribution in [0.1, 0.15) is 16.7 Å². The van der Waals surface area contributed by atoms with Gasteiger partial charge in [-0.25, -0.2) is 8.42 Å². The molecule has 0 bridgehead atoms. The topological polar surface area (TPSA) is 66.8 Å². The number of alkyl halides is 3. The third kappa shape index (κ3) is 4.82. The van der Waals surface area contributed by atoms with E-state index < -0.39 is 38.8 Å². The van der Waals surface area contributed by atoms with Gasteiger partial charge in [-0.05, 0) is 30.7 Å². The van der Waals surface area contributed by atoms with Crippen molar-refractivity contribution in [2.24, 2.45) is 4.99 Å². The Morgan fingerprint density at radius 1 is 1.19 bits per heavy atom. The lowest BCUT2D eigenvalue weighted by atomic mass is 10.1. The molecule has 2 atom stereocenters. The monoisotopic (exact) mass is 502 g/mol. The van der Waals surface area contributed by atoms with Crippen LogP contribution in [0.15, 0.2) is 47.5 Å². The number of sulfone groups is 1. The molecule has 0 aromatic heterocycles. The minimum Gasteiger partial charge on any atom is -0.314 e. The second-order valence-corrected chi connectivity index (χ2v) is 11.6. The van der Waals surface area contributed by atoms with Crippen molar-refractivity contribution >= 4 is 50.0 Å². The third-order valence-corrected chi connectivity index (χ3v) is 8.83. The molecule has 170 valence electrons. The van der Waals surface area contributed by atoms with E-state index in [4.69, 9.17) is 11.6 Å². The van der Waals surface area contributed by atoms with Gasteiger partial charge in [-0.15, -0.1) is 0 Å². The molecule has 5 nitrogen and oxygen atoms in total. The Bertz CT molecular complexity index is 1200. The first-order valence-electron chi connectivity index (χ1n) is 9.63. The summed E-state index contributed by atoms with van der Waals surface area (Å²) < 4.78 is 64.3. The van der Waals surface area contributed by atoms with Crippen LogP contribution >= 0.6 is 23.4 Å². The van der Waals surface area contributed by atoms with E-state index in [1.807, 2.05) is 19.1 Å². The van der Waals surface area contributed by atoms with Gasteiger partial charge in [-0.1, -0.05) is 53.2 Å². The molecule has 2 aliphatic rings. The van der Waals surface area contributed by atoms with Crippen LogP contribution in [0.5, 0.6) is 0 Å². The van der Waals surface area contributed by atoms with E-state index >= 15 is 0 Å². The number of nitrogens with zero attached hydrogens (tertiary/aromatic N) is 2. The molecule has 0 N–H and O–H groups in total. The van der Waals surface area contributed by atoms with Crippen LogP contribution in [-0.4, -0.2) is 42.3 Å². The number of halogens is 4. The number of amides is 1. The molecule has 0 spiro atoms. The molecule has 2 aromatic carbocycles. The van der Waals surface area contributed by atoms with Crippen LogP contribution in [0, 0.1) is 6.92 Å². The molecule has 32 heavy (non-hydrogen) atoms. The molecule has 2 heterocycles. The predicted molar refractivity (Wildman–Crippen MR) is 120 cm³/mol. The van der Waals surface area contributed by atoms with Crippen LogP contribution < -0.4 is 4.90 Å². The average Bonchev–Trinajstić information content (AvgIpc) is 3.14. The van der Waals surface area contributed by atoms with Crippen molar-refractivity contribution in [2.45, 2.75) is 30.8 Å². The van der Waals surface area contributed by atoms with Crippen LogP contribution in [-0.2, 0) is 27.2 Å². The van der Waals surface area contributed by atoms with Crippen molar-refractivity contribution in [1.29, 1.82) is 0 Å². The van der Waals surface area contributed by atoms with E-state index in [9.17, 15) is 26.4 Å². The molecule has 1 amide bonds. The number of benzene rings is 2. The van der Waals surface area contributed by atoms with Crippen LogP contribution in [0.25, 0.3) is 0 Å². The molecule has 2 aromatic rings. The Balaban J connectivity index is 1.71. The SMILES string of the molecule is Cc1ccc(CC(=O)N=C2S[C@H]3CS(=O)(=O)C[C@@H]3N2c2cc(C(F)(F)F)ccc2Cl)cc1. The number of amidine groups is 1. The van der Waals surface area contributed by atoms with E-state index in [1.165, 1.54) is 4.90 Å². The van der Waals surface area contributed by atoms with Crippen molar-refractivity contribution in [3.63, 3.8) is 0 Å². The molecular formula is C21H18ClF3N2O3S2. The fraction of sp³-hybridized carbons (Fsp3) is 0.333. The maximum Gasteiger partial charge on any atom is 0.416 e. The minimum atomic E-state index is -4.61. The van der Waals surface area contributed by atoms with Gasteiger partial charge in [0.05, 0.1) is 40.2 Å². The summed E-state index contributed by atoms with van der Waals surface area (Å²) in [5, 5.41) is -0.271.